The number of carboxylic acid groups (broad SMARTS) is 3. The van der Waals surface area contributed by atoms with Gasteiger partial charge in [-0.2, -0.15) is 0 Å². The Morgan fingerprint density at radius 1 is 0.852 bits per heavy atom. The fourth-order valence-electron chi connectivity index (χ4n) is 1.92. The molecule has 9 N–H and O–H groups in total. The first-order chi connectivity index (χ1) is 12.5. The first-order valence-electron chi connectivity index (χ1n) is 7.84. The molecule has 0 rings (SSSR count). The van der Waals surface area contributed by atoms with Crippen LogP contribution in [0.2, 0.25) is 0 Å². The van der Waals surface area contributed by atoms with Crippen molar-refractivity contribution in [3.63, 3.8) is 0 Å². The second-order valence-corrected chi connectivity index (χ2v) is 5.47. The summed E-state index contributed by atoms with van der Waals surface area (Å²) >= 11 is 0. The zero-order valence-corrected chi connectivity index (χ0v) is 14.4. The zero-order valence-electron chi connectivity index (χ0n) is 14.4. The first-order valence-corrected chi connectivity index (χ1v) is 7.84. The molecule has 0 aliphatic carbocycles. The molecule has 0 aromatic heterocycles. The Hall–Kier alpha value is -3.38. The second-order valence-electron chi connectivity index (χ2n) is 5.47. The topological polar surface area (TPSA) is 234 Å². The number of hydrogen-bond acceptors (Lipinski definition) is 6. The van der Waals surface area contributed by atoms with Crippen molar-refractivity contribution in [3.8, 4) is 0 Å². The summed E-state index contributed by atoms with van der Waals surface area (Å²) in [7, 11) is 0. The molecule has 0 radical (unpaired) electrons. The molecular weight excluding hydrogens is 366 g/mol. The van der Waals surface area contributed by atoms with Crippen molar-refractivity contribution in [2.45, 2.75) is 44.2 Å². The van der Waals surface area contributed by atoms with Crippen molar-refractivity contribution in [1.29, 1.82) is 0 Å². The van der Waals surface area contributed by atoms with Crippen LogP contribution in [0.5, 0.6) is 0 Å². The zero-order chi connectivity index (χ0) is 21.0. The van der Waals surface area contributed by atoms with Crippen LogP contribution in [0.25, 0.3) is 0 Å². The molecule has 0 aromatic rings. The summed E-state index contributed by atoms with van der Waals surface area (Å²) in [6.07, 6.45) is -1.39. The SMILES string of the molecule is NC(N)=NCCCC(NC(=O)CC(=O)N[C@@H](CCC(=O)O)C(=O)O)C(=O)O. The second kappa shape index (κ2) is 12.1. The van der Waals surface area contributed by atoms with Crippen LogP contribution in [-0.2, 0) is 24.0 Å². The largest absolute Gasteiger partial charge is 0.481 e. The first kappa shape index (κ1) is 23.6. The summed E-state index contributed by atoms with van der Waals surface area (Å²) in [6, 6.07) is -2.75. The Kier molecular flexibility index (Phi) is 10.5. The number of carboxylic acids is 3. The minimum atomic E-state index is -1.48. The highest BCUT2D eigenvalue weighted by molar-refractivity contribution is 5.99. The molecule has 0 heterocycles. The predicted octanol–water partition coefficient (Wildman–Crippen LogP) is -2.57. The van der Waals surface area contributed by atoms with Gasteiger partial charge in [0.05, 0.1) is 0 Å². The summed E-state index contributed by atoms with van der Waals surface area (Å²) in [5.74, 6) is -6.07. The van der Waals surface area contributed by atoms with E-state index >= 15 is 0 Å². The Bertz CT molecular complexity index is 602. The standard InChI is InChI=1S/C14H23N5O8/c15-14(16)17-5-1-2-7(12(24)25)18-9(20)6-10(21)19-8(13(26)27)3-4-11(22)23/h7-8H,1-6H2,(H,18,20)(H,19,21)(H,22,23)(H,24,25)(H,26,27)(H4,15,16,17)/t7?,8-/m0/s1. The summed E-state index contributed by atoms with van der Waals surface area (Å²) in [4.78, 5) is 59.8. The fraction of sp³-hybridized carbons (Fsp3) is 0.571. The lowest BCUT2D eigenvalue weighted by molar-refractivity contribution is -0.144. The summed E-state index contributed by atoms with van der Waals surface area (Å²) in [5.41, 5.74) is 10.3. The highest BCUT2D eigenvalue weighted by Crippen LogP contribution is 2.01. The minimum absolute atomic E-state index is 0.00976. The van der Waals surface area contributed by atoms with Crippen molar-refractivity contribution in [2.75, 3.05) is 6.54 Å². The van der Waals surface area contributed by atoms with E-state index in [1.165, 1.54) is 0 Å². The van der Waals surface area contributed by atoms with Gasteiger partial charge in [0.25, 0.3) is 0 Å². The van der Waals surface area contributed by atoms with Gasteiger partial charge in [0.1, 0.15) is 18.5 Å². The lowest BCUT2D eigenvalue weighted by atomic mass is 10.1. The van der Waals surface area contributed by atoms with Crippen molar-refractivity contribution in [3.05, 3.63) is 0 Å². The molecule has 0 spiro atoms. The van der Waals surface area contributed by atoms with E-state index in [0.29, 0.717) is 0 Å². The van der Waals surface area contributed by atoms with Crippen LogP contribution in [0.1, 0.15) is 32.1 Å². The molecule has 0 aliphatic rings. The molecule has 2 atom stereocenters. The van der Waals surface area contributed by atoms with E-state index < -0.39 is 54.6 Å². The predicted molar refractivity (Wildman–Crippen MR) is 90.5 cm³/mol. The van der Waals surface area contributed by atoms with Crippen LogP contribution in [0.4, 0.5) is 0 Å². The minimum Gasteiger partial charge on any atom is -0.481 e. The number of nitrogens with zero attached hydrogens (tertiary/aromatic N) is 1. The highest BCUT2D eigenvalue weighted by atomic mass is 16.4. The number of nitrogens with two attached hydrogens (primary N) is 2. The van der Waals surface area contributed by atoms with Gasteiger partial charge in [0.2, 0.25) is 11.8 Å². The number of guanidine groups is 1. The number of carbonyl (C=O) groups excluding carboxylic acids is 2. The number of amides is 2. The van der Waals surface area contributed by atoms with Gasteiger partial charge in [-0.1, -0.05) is 0 Å². The third-order valence-electron chi connectivity index (χ3n) is 3.18. The molecule has 0 saturated carbocycles. The molecule has 0 saturated heterocycles. The molecule has 0 fully saturated rings. The average Bonchev–Trinajstić information content (AvgIpc) is 2.53. The summed E-state index contributed by atoms with van der Waals surface area (Å²) < 4.78 is 0. The Morgan fingerprint density at radius 3 is 1.74 bits per heavy atom. The van der Waals surface area contributed by atoms with Gasteiger partial charge in [-0.3, -0.25) is 19.4 Å². The van der Waals surface area contributed by atoms with Crippen LogP contribution in [-0.4, -0.2) is 69.6 Å². The van der Waals surface area contributed by atoms with Crippen LogP contribution >= 0.6 is 0 Å². The monoisotopic (exact) mass is 389 g/mol. The van der Waals surface area contributed by atoms with Crippen LogP contribution < -0.4 is 22.1 Å². The van der Waals surface area contributed by atoms with Crippen molar-refractivity contribution in [2.24, 2.45) is 16.5 Å². The Labute approximate surface area is 153 Å². The molecular formula is C14H23N5O8. The van der Waals surface area contributed by atoms with Crippen molar-refractivity contribution >= 4 is 35.7 Å². The number of nitrogens with one attached hydrogen (secondary N) is 2. The maximum Gasteiger partial charge on any atom is 0.326 e. The molecule has 0 aromatic carbocycles. The van der Waals surface area contributed by atoms with Gasteiger partial charge in [0, 0.05) is 13.0 Å². The molecule has 2 amide bonds. The van der Waals surface area contributed by atoms with Crippen molar-refractivity contribution in [1.82, 2.24) is 10.6 Å². The highest BCUT2D eigenvalue weighted by Gasteiger charge is 2.24. The Balaban J connectivity index is 4.54. The molecule has 0 bridgehead atoms. The average molecular weight is 389 g/mol. The van der Waals surface area contributed by atoms with E-state index in [0.717, 1.165) is 0 Å². The lowest BCUT2D eigenvalue weighted by Gasteiger charge is -2.16. The third kappa shape index (κ3) is 11.7. The van der Waals surface area contributed by atoms with Crippen molar-refractivity contribution < 1.29 is 39.3 Å². The van der Waals surface area contributed by atoms with E-state index in [9.17, 15) is 24.0 Å². The number of aliphatic imine (C=N–C) groups is 1. The number of aliphatic carboxylic acids is 3. The van der Waals surface area contributed by atoms with E-state index in [4.69, 9.17) is 26.8 Å². The van der Waals surface area contributed by atoms with Crippen LogP contribution in [0.15, 0.2) is 4.99 Å². The number of rotatable bonds is 13. The van der Waals surface area contributed by atoms with Gasteiger partial charge in [-0.25, -0.2) is 9.59 Å². The van der Waals surface area contributed by atoms with Crippen LogP contribution in [0.3, 0.4) is 0 Å². The van der Waals surface area contributed by atoms with E-state index in [1.807, 2.05) is 5.32 Å². The van der Waals surface area contributed by atoms with Gasteiger partial charge < -0.3 is 37.4 Å². The quantitative estimate of drug-likeness (QED) is 0.0752. The van der Waals surface area contributed by atoms with E-state index in [-0.39, 0.29) is 31.8 Å². The molecule has 13 heteroatoms. The number of hydrogen-bond donors (Lipinski definition) is 7. The smallest absolute Gasteiger partial charge is 0.326 e. The summed E-state index contributed by atoms with van der Waals surface area (Å²) in [5, 5.41) is 30.7. The van der Waals surface area contributed by atoms with E-state index in [1.54, 1.807) is 0 Å². The maximum atomic E-state index is 11.8. The summed E-state index contributed by atoms with van der Waals surface area (Å²) in [6.45, 7) is 0.159. The van der Waals surface area contributed by atoms with Gasteiger partial charge in [-0.05, 0) is 19.3 Å². The number of carbonyl (C=O) groups is 5. The third-order valence-corrected chi connectivity index (χ3v) is 3.18. The lowest BCUT2D eigenvalue weighted by Crippen LogP contribution is -2.45. The van der Waals surface area contributed by atoms with Gasteiger partial charge >= 0.3 is 17.9 Å². The molecule has 152 valence electrons. The molecule has 0 aliphatic heterocycles. The van der Waals surface area contributed by atoms with E-state index in [2.05, 4.69) is 10.3 Å². The molecule has 27 heavy (non-hydrogen) atoms. The fourth-order valence-corrected chi connectivity index (χ4v) is 1.92. The normalized spacial score (nSPS) is 12.3. The molecule has 1 unspecified atom stereocenters. The molecule has 13 nitrogen and oxygen atoms in total. The van der Waals surface area contributed by atoms with Gasteiger partial charge in [0.15, 0.2) is 5.96 Å². The maximum absolute atomic E-state index is 11.8. The van der Waals surface area contributed by atoms with Crippen LogP contribution in [0, 0.1) is 0 Å². The Morgan fingerprint density at radius 2 is 1.33 bits per heavy atom. The van der Waals surface area contributed by atoms with Gasteiger partial charge in [-0.15, -0.1) is 0 Å².